The Kier molecular flexibility index (Phi) is 4.26. The van der Waals surface area contributed by atoms with Gasteiger partial charge in [0.05, 0.1) is 16.8 Å². The molecule has 2 saturated carbocycles. The van der Waals surface area contributed by atoms with Crippen LogP contribution in [0.1, 0.15) is 36.9 Å². The van der Waals surface area contributed by atoms with Crippen molar-refractivity contribution in [2.75, 3.05) is 0 Å². The van der Waals surface area contributed by atoms with Crippen LogP contribution < -0.4 is 5.73 Å². The van der Waals surface area contributed by atoms with Crippen molar-refractivity contribution in [1.29, 1.82) is 0 Å². The summed E-state index contributed by atoms with van der Waals surface area (Å²) in [6.07, 6.45) is 5.39. The predicted octanol–water partition coefficient (Wildman–Crippen LogP) is 5.36. The lowest BCUT2D eigenvalue weighted by Crippen LogP contribution is -2.60. The highest BCUT2D eigenvalue weighted by atomic mass is 16.3. The van der Waals surface area contributed by atoms with E-state index in [0.717, 1.165) is 57.4 Å². The van der Waals surface area contributed by atoms with Crippen LogP contribution in [0.25, 0.3) is 33.3 Å². The van der Waals surface area contributed by atoms with Gasteiger partial charge in [0.15, 0.2) is 0 Å². The molecular weight excluding hydrogens is 394 g/mol. The fourth-order valence-corrected chi connectivity index (χ4v) is 5.41. The second-order valence-corrected chi connectivity index (χ2v) is 9.68. The second-order valence-electron chi connectivity index (χ2n) is 9.68. The summed E-state index contributed by atoms with van der Waals surface area (Å²) < 4.78 is 0. The van der Waals surface area contributed by atoms with E-state index in [4.69, 9.17) is 10.7 Å². The first-order valence-electron chi connectivity index (χ1n) is 11.4. The van der Waals surface area contributed by atoms with Gasteiger partial charge in [-0.25, -0.2) is 4.98 Å². The molecule has 0 unspecified atom stereocenters. The number of fused-ring (bicyclic) bond motifs is 1. The molecule has 0 saturated heterocycles. The normalized spacial score (nSPS) is 25.0. The monoisotopic (exact) mass is 421 g/mol. The maximum atomic E-state index is 10.8. The third kappa shape index (κ3) is 3.14. The summed E-state index contributed by atoms with van der Waals surface area (Å²) in [6, 6.07) is 23.0. The van der Waals surface area contributed by atoms with Crippen molar-refractivity contribution in [2.24, 2.45) is 11.7 Å². The van der Waals surface area contributed by atoms with Crippen molar-refractivity contribution in [3.05, 3.63) is 84.2 Å². The molecule has 0 radical (unpaired) electrons. The lowest BCUT2D eigenvalue weighted by atomic mass is 9.60. The molecular formula is C28H27N3O. The third-order valence-corrected chi connectivity index (χ3v) is 7.34. The number of hydrogen-bond donors (Lipinski definition) is 2. The molecule has 4 nitrogen and oxygen atoms in total. The minimum atomic E-state index is -0.556. The van der Waals surface area contributed by atoms with E-state index in [1.807, 2.05) is 25.3 Å². The van der Waals surface area contributed by atoms with Crippen molar-refractivity contribution >= 4 is 10.9 Å². The molecule has 2 aromatic heterocycles. The number of nitrogens with zero attached hydrogens (tertiary/aromatic N) is 2. The summed E-state index contributed by atoms with van der Waals surface area (Å²) in [5.74, 6) is 0.451. The summed E-state index contributed by atoms with van der Waals surface area (Å²) in [7, 11) is 0. The van der Waals surface area contributed by atoms with E-state index >= 15 is 0 Å². The number of aromatic nitrogens is 2. The Morgan fingerprint density at radius 3 is 2.34 bits per heavy atom. The highest BCUT2D eigenvalue weighted by Crippen LogP contribution is 2.57. The zero-order chi connectivity index (χ0) is 21.9. The van der Waals surface area contributed by atoms with E-state index in [1.54, 1.807) is 0 Å². The number of aryl methyl sites for hydroxylation is 1. The van der Waals surface area contributed by atoms with Gasteiger partial charge in [-0.1, -0.05) is 54.6 Å². The zero-order valence-electron chi connectivity index (χ0n) is 18.3. The molecule has 2 heterocycles. The van der Waals surface area contributed by atoms with E-state index in [2.05, 4.69) is 59.6 Å². The molecule has 4 heteroatoms. The molecule has 160 valence electrons. The minimum Gasteiger partial charge on any atom is -0.389 e. The van der Waals surface area contributed by atoms with Crippen molar-refractivity contribution < 1.29 is 5.11 Å². The Hall–Kier alpha value is -3.08. The van der Waals surface area contributed by atoms with Gasteiger partial charge in [0.1, 0.15) is 0 Å². The average Bonchev–Trinajstić information content (AvgIpc) is 3.64. The lowest BCUT2D eigenvalue weighted by molar-refractivity contribution is -0.106. The summed E-state index contributed by atoms with van der Waals surface area (Å²) in [6.45, 7) is 2.02. The first-order valence-corrected chi connectivity index (χ1v) is 11.4. The average molecular weight is 422 g/mol. The molecule has 6 rings (SSSR count). The van der Waals surface area contributed by atoms with Crippen molar-refractivity contribution in [2.45, 2.75) is 43.7 Å². The van der Waals surface area contributed by atoms with Crippen molar-refractivity contribution in [1.82, 2.24) is 9.97 Å². The molecule has 0 spiro atoms. The third-order valence-electron chi connectivity index (χ3n) is 7.34. The molecule has 0 aliphatic heterocycles. The summed E-state index contributed by atoms with van der Waals surface area (Å²) in [4.78, 5) is 9.50. The number of benzene rings is 2. The van der Waals surface area contributed by atoms with Gasteiger partial charge in [0.25, 0.3) is 0 Å². The Morgan fingerprint density at radius 1 is 0.938 bits per heavy atom. The van der Waals surface area contributed by atoms with Crippen LogP contribution in [-0.4, -0.2) is 20.7 Å². The van der Waals surface area contributed by atoms with Crippen LogP contribution in [0.4, 0.5) is 0 Å². The van der Waals surface area contributed by atoms with Gasteiger partial charge in [-0.05, 0) is 61.8 Å². The predicted molar refractivity (Wildman–Crippen MR) is 128 cm³/mol. The molecule has 4 aromatic rings. The van der Waals surface area contributed by atoms with E-state index in [9.17, 15) is 5.11 Å². The highest BCUT2D eigenvalue weighted by molar-refractivity contribution is 5.92. The first-order chi connectivity index (χ1) is 15.5. The number of pyridine rings is 2. The van der Waals surface area contributed by atoms with E-state index in [0.29, 0.717) is 18.8 Å². The van der Waals surface area contributed by atoms with E-state index in [1.165, 1.54) is 0 Å². The van der Waals surface area contributed by atoms with Crippen LogP contribution in [0.5, 0.6) is 0 Å². The molecule has 2 fully saturated rings. The Labute approximate surface area is 188 Å². The quantitative estimate of drug-likeness (QED) is 0.465. The van der Waals surface area contributed by atoms with Crippen LogP contribution in [0.2, 0.25) is 0 Å². The van der Waals surface area contributed by atoms with E-state index in [-0.39, 0.29) is 0 Å². The van der Waals surface area contributed by atoms with Crippen molar-refractivity contribution in [3.63, 3.8) is 0 Å². The standard InChI is InChI=1S/C28H27N3O/c1-18-23-15-24(19-5-3-2-4-6-19)26(31-25(23)13-14-30-18)20-7-9-21(10-8-20)27(29)16-28(32,17-27)22-11-12-22/h2-10,13-15,22,32H,11-12,16-17,29H2,1H3. The van der Waals surface area contributed by atoms with Crippen molar-refractivity contribution in [3.8, 4) is 22.4 Å². The molecule has 0 atom stereocenters. The molecule has 2 aromatic carbocycles. The lowest BCUT2D eigenvalue weighted by Gasteiger charge is -2.52. The van der Waals surface area contributed by atoms with Crippen LogP contribution in [0.15, 0.2) is 72.9 Å². The molecule has 2 aliphatic carbocycles. The van der Waals surface area contributed by atoms with Gasteiger partial charge in [0, 0.05) is 33.9 Å². The molecule has 0 amide bonds. The second kappa shape index (κ2) is 6.96. The number of nitrogens with two attached hydrogens (primary N) is 1. The summed E-state index contributed by atoms with van der Waals surface area (Å²) in [5, 5.41) is 11.8. The summed E-state index contributed by atoms with van der Waals surface area (Å²) >= 11 is 0. The van der Waals surface area contributed by atoms with Gasteiger partial charge < -0.3 is 10.8 Å². The molecule has 32 heavy (non-hydrogen) atoms. The molecule has 2 aliphatic rings. The minimum absolute atomic E-state index is 0.433. The maximum absolute atomic E-state index is 10.8. The van der Waals surface area contributed by atoms with Gasteiger partial charge in [0.2, 0.25) is 0 Å². The Balaban J connectivity index is 1.41. The van der Waals surface area contributed by atoms with Gasteiger partial charge in [-0.15, -0.1) is 0 Å². The fraction of sp³-hybridized carbons (Fsp3) is 0.286. The summed E-state index contributed by atoms with van der Waals surface area (Å²) in [5.41, 5.74) is 12.9. The maximum Gasteiger partial charge on any atom is 0.0788 e. The van der Waals surface area contributed by atoms with Crippen LogP contribution in [0.3, 0.4) is 0 Å². The largest absolute Gasteiger partial charge is 0.389 e. The topological polar surface area (TPSA) is 72.0 Å². The van der Waals surface area contributed by atoms with Crippen LogP contribution in [0, 0.1) is 12.8 Å². The van der Waals surface area contributed by atoms with E-state index < -0.39 is 11.1 Å². The van der Waals surface area contributed by atoms with Gasteiger partial charge in [-0.3, -0.25) is 4.98 Å². The highest BCUT2D eigenvalue weighted by Gasteiger charge is 2.58. The molecule has 3 N–H and O–H groups in total. The number of aliphatic hydroxyl groups is 1. The fourth-order valence-electron chi connectivity index (χ4n) is 5.41. The zero-order valence-corrected chi connectivity index (χ0v) is 18.3. The first kappa shape index (κ1) is 19.6. The smallest absolute Gasteiger partial charge is 0.0788 e. The molecule has 0 bridgehead atoms. The number of rotatable bonds is 4. The Bertz CT molecular complexity index is 1300. The van der Waals surface area contributed by atoms with Gasteiger partial charge in [-0.2, -0.15) is 0 Å². The SMILES string of the molecule is Cc1nccc2nc(-c3ccc(C4(N)CC(O)(C5CC5)C4)cc3)c(-c3ccccc3)cc12. The van der Waals surface area contributed by atoms with Crippen LogP contribution in [-0.2, 0) is 5.54 Å². The van der Waals surface area contributed by atoms with Crippen LogP contribution >= 0.6 is 0 Å². The Morgan fingerprint density at radius 2 is 1.66 bits per heavy atom. The number of hydrogen-bond acceptors (Lipinski definition) is 4. The van der Waals surface area contributed by atoms with Gasteiger partial charge >= 0.3 is 0 Å².